The second kappa shape index (κ2) is 17.9. The summed E-state index contributed by atoms with van der Waals surface area (Å²) in [6.45, 7) is 11.6. The van der Waals surface area contributed by atoms with Crippen molar-refractivity contribution in [3.63, 3.8) is 0 Å². The Hall–Kier alpha value is -1.90. The van der Waals surface area contributed by atoms with Gasteiger partial charge in [0.15, 0.2) is 0 Å². The maximum Gasteiger partial charge on any atom is 0.333 e. The van der Waals surface area contributed by atoms with E-state index >= 15 is 0 Å². The second-order valence-electron chi connectivity index (χ2n) is 6.56. The van der Waals surface area contributed by atoms with E-state index in [1.165, 1.54) is 57.8 Å². The van der Waals surface area contributed by atoms with E-state index in [-0.39, 0.29) is 5.97 Å². The molecule has 0 aliphatic heterocycles. The molecule has 0 spiro atoms. The summed E-state index contributed by atoms with van der Waals surface area (Å²) in [6, 6.07) is 5.73. The number of pyridine rings is 1. The molecule has 0 N–H and O–H groups in total. The lowest BCUT2D eigenvalue weighted by Crippen LogP contribution is -2.05. The molecular weight excluding hydrogens is 322 g/mol. The fourth-order valence-electron chi connectivity index (χ4n) is 2.37. The molecule has 0 atom stereocenters. The van der Waals surface area contributed by atoms with Crippen molar-refractivity contribution in [1.82, 2.24) is 4.98 Å². The standard InChI is InChI=1S/C16H30O2.C7H7N/c1-4-5-6-7-8-9-10-11-12-13-14-18-16(17)15(2)3;1-2-7-5-3-4-6-8-7/h2,4-14H2,1,3H3;2-6H,1H2. The van der Waals surface area contributed by atoms with E-state index < -0.39 is 0 Å². The first-order valence-corrected chi connectivity index (χ1v) is 9.97. The molecule has 0 aromatic carbocycles. The maximum atomic E-state index is 11.1. The molecule has 26 heavy (non-hydrogen) atoms. The van der Waals surface area contributed by atoms with E-state index in [4.69, 9.17) is 4.74 Å². The smallest absolute Gasteiger partial charge is 0.333 e. The fraction of sp³-hybridized carbons (Fsp3) is 0.565. The molecule has 0 saturated heterocycles. The monoisotopic (exact) mass is 359 g/mol. The summed E-state index contributed by atoms with van der Waals surface area (Å²) in [4.78, 5) is 15.1. The Bertz CT molecular complexity index is 482. The van der Waals surface area contributed by atoms with E-state index in [1.54, 1.807) is 19.2 Å². The number of rotatable bonds is 13. The molecule has 1 aromatic rings. The summed E-state index contributed by atoms with van der Waals surface area (Å²) in [5.41, 5.74) is 1.41. The van der Waals surface area contributed by atoms with Crippen LogP contribution in [0, 0.1) is 0 Å². The number of esters is 1. The lowest BCUT2D eigenvalue weighted by molar-refractivity contribution is -0.139. The highest BCUT2D eigenvalue weighted by atomic mass is 16.5. The average molecular weight is 360 g/mol. The molecule has 0 aliphatic rings. The quantitative estimate of drug-likeness (QED) is 0.222. The number of aromatic nitrogens is 1. The molecule has 0 aliphatic carbocycles. The molecule has 0 bridgehead atoms. The zero-order valence-electron chi connectivity index (χ0n) is 16.8. The van der Waals surface area contributed by atoms with Gasteiger partial charge in [-0.25, -0.2) is 4.79 Å². The van der Waals surface area contributed by atoms with Gasteiger partial charge in [0, 0.05) is 11.8 Å². The van der Waals surface area contributed by atoms with Crippen LogP contribution in [0.5, 0.6) is 0 Å². The molecule has 146 valence electrons. The number of nitrogens with zero attached hydrogens (tertiary/aromatic N) is 1. The number of hydrogen-bond acceptors (Lipinski definition) is 3. The molecule has 0 amide bonds. The van der Waals surface area contributed by atoms with Gasteiger partial charge in [0.25, 0.3) is 0 Å². The molecule has 3 heteroatoms. The number of ether oxygens (including phenoxy) is 1. The van der Waals surface area contributed by atoms with Gasteiger partial charge in [0.2, 0.25) is 0 Å². The third-order valence-corrected chi connectivity index (χ3v) is 3.98. The van der Waals surface area contributed by atoms with Gasteiger partial charge < -0.3 is 4.74 Å². The molecule has 1 aromatic heterocycles. The highest BCUT2D eigenvalue weighted by Crippen LogP contribution is 2.10. The van der Waals surface area contributed by atoms with Gasteiger partial charge in [-0.05, 0) is 31.6 Å². The summed E-state index contributed by atoms with van der Waals surface area (Å²) in [7, 11) is 0. The van der Waals surface area contributed by atoms with Gasteiger partial charge in [-0.1, -0.05) is 83.9 Å². The van der Waals surface area contributed by atoms with Gasteiger partial charge in [-0.15, -0.1) is 0 Å². The SMILES string of the molecule is C=C(C)C(=O)OCCCCCCCCCCCC.C=Cc1ccccn1. The summed E-state index contributed by atoms with van der Waals surface area (Å²) in [5, 5.41) is 0. The van der Waals surface area contributed by atoms with Crippen LogP contribution in [0.1, 0.15) is 83.7 Å². The Morgan fingerprint density at radius 2 is 1.62 bits per heavy atom. The van der Waals surface area contributed by atoms with Gasteiger partial charge in [-0.2, -0.15) is 0 Å². The van der Waals surface area contributed by atoms with Crippen LogP contribution in [-0.4, -0.2) is 17.6 Å². The van der Waals surface area contributed by atoms with Crippen LogP contribution in [0.2, 0.25) is 0 Å². The van der Waals surface area contributed by atoms with Crippen LogP contribution in [0.25, 0.3) is 6.08 Å². The Labute approximate surface area is 160 Å². The van der Waals surface area contributed by atoms with Crippen LogP contribution in [0.4, 0.5) is 0 Å². The molecule has 0 fully saturated rings. The predicted molar refractivity (Wildman–Crippen MR) is 112 cm³/mol. The zero-order chi connectivity index (χ0) is 19.5. The van der Waals surface area contributed by atoms with Crippen molar-refractivity contribution in [2.45, 2.75) is 78.1 Å². The van der Waals surface area contributed by atoms with E-state index in [0.717, 1.165) is 12.1 Å². The van der Waals surface area contributed by atoms with Crippen molar-refractivity contribution in [3.05, 3.63) is 48.8 Å². The van der Waals surface area contributed by atoms with Crippen molar-refractivity contribution in [1.29, 1.82) is 0 Å². The molecule has 0 radical (unpaired) electrons. The summed E-state index contributed by atoms with van der Waals surface area (Å²) in [5.74, 6) is -0.258. The van der Waals surface area contributed by atoms with Crippen LogP contribution < -0.4 is 0 Å². The predicted octanol–water partition coefficient (Wildman–Crippen LogP) is 6.75. The van der Waals surface area contributed by atoms with E-state index in [0.29, 0.717) is 12.2 Å². The molecule has 1 rings (SSSR count). The Kier molecular flexibility index (Phi) is 16.6. The minimum Gasteiger partial charge on any atom is -0.462 e. The highest BCUT2D eigenvalue weighted by Gasteiger charge is 2.01. The number of carbonyl (C=O) groups excluding carboxylic acids is 1. The lowest BCUT2D eigenvalue weighted by atomic mass is 10.1. The fourth-order valence-corrected chi connectivity index (χ4v) is 2.37. The maximum absolute atomic E-state index is 11.1. The van der Waals surface area contributed by atoms with Gasteiger partial charge >= 0.3 is 5.97 Å². The lowest BCUT2D eigenvalue weighted by Gasteiger charge is -2.04. The van der Waals surface area contributed by atoms with E-state index in [9.17, 15) is 4.79 Å². The largest absolute Gasteiger partial charge is 0.462 e. The third kappa shape index (κ3) is 15.6. The first-order valence-electron chi connectivity index (χ1n) is 9.97. The summed E-state index contributed by atoms with van der Waals surface area (Å²) < 4.78 is 5.04. The number of hydrogen-bond donors (Lipinski definition) is 0. The van der Waals surface area contributed by atoms with E-state index in [1.807, 2.05) is 18.2 Å². The first-order chi connectivity index (χ1) is 12.6. The third-order valence-electron chi connectivity index (χ3n) is 3.98. The van der Waals surface area contributed by atoms with Crippen LogP contribution >= 0.6 is 0 Å². The van der Waals surface area contributed by atoms with Crippen molar-refractivity contribution in [2.24, 2.45) is 0 Å². The Balaban J connectivity index is 0.000000642. The zero-order valence-corrected chi connectivity index (χ0v) is 16.8. The minimum absolute atomic E-state index is 0.258. The van der Waals surface area contributed by atoms with Crippen LogP contribution in [0.15, 0.2) is 43.1 Å². The van der Waals surface area contributed by atoms with Gasteiger partial charge in [-0.3, -0.25) is 4.98 Å². The van der Waals surface area contributed by atoms with E-state index in [2.05, 4.69) is 25.1 Å². The number of carbonyl (C=O) groups is 1. The Morgan fingerprint density at radius 1 is 1.04 bits per heavy atom. The van der Waals surface area contributed by atoms with Crippen molar-refractivity contribution >= 4 is 12.0 Å². The van der Waals surface area contributed by atoms with Crippen molar-refractivity contribution in [3.8, 4) is 0 Å². The number of unbranched alkanes of at least 4 members (excludes halogenated alkanes) is 9. The van der Waals surface area contributed by atoms with Crippen molar-refractivity contribution < 1.29 is 9.53 Å². The molecule has 0 unspecified atom stereocenters. The molecule has 3 nitrogen and oxygen atoms in total. The average Bonchev–Trinajstić information content (AvgIpc) is 2.67. The second-order valence-corrected chi connectivity index (χ2v) is 6.56. The normalized spacial score (nSPS) is 9.77. The highest BCUT2D eigenvalue weighted by molar-refractivity contribution is 5.86. The Morgan fingerprint density at radius 3 is 2.04 bits per heavy atom. The van der Waals surface area contributed by atoms with Gasteiger partial charge in [0.1, 0.15) is 0 Å². The summed E-state index contributed by atoms with van der Waals surface area (Å²) in [6.07, 6.45) is 16.4. The van der Waals surface area contributed by atoms with Crippen LogP contribution in [0.3, 0.4) is 0 Å². The van der Waals surface area contributed by atoms with Gasteiger partial charge in [0.05, 0.1) is 12.3 Å². The first kappa shape index (κ1) is 24.1. The van der Waals surface area contributed by atoms with Crippen molar-refractivity contribution in [2.75, 3.05) is 6.61 Å². The minimum atomic E-state index is -0.258. The molecule has 0 saturated carbocycles. The van der Waals surface area contributed by atoms with Crippen LogP contribution in [-0.2, 0) is 9.53 Å². The molecular formula is C23H37NO2. The summed E-state index contributed by atoms with van der Waals surface area (Å²) >= 11 is 0. The topological polar surface area (TPSA) is 39.2 Å². The molecule has 1 heterocycles.